The molecule has 3 nitrogen and oxygen atoms in total. The number of aryl methyl sites for hydroxylation is 1. The van der Waals surface area contributed by atoms with E-state index in [4.69, 9.17) is 26.8 Å². The minimum absolute atomic E-state index is 0.170. The fourth-order valence-corrected chi connectivity index (χ4v) is 2.75. The van der Waals surface area contributed by atoms with E-state index in [2.05, 4.69) is 31.2 Å². The third-order valence-corrected chi connectivity index (χ3v) is 3.96. The SMILES string of the molecule is Cc1ccc(CC(N)c2cc3c(cc2Cl)OCCO3)cc1. The lowest BCUT2D eigenvalue weighted by molar-refractivity contribution is 0.171. The molecule has 2 aromatic rings. The molecule has 110 valence electrons. The summed E-state index contributed by atoms with van der Waals surface area (Å²) in [5.41, 5.74) is 9.64. The van der Waals surface area contributed by atoms with Crippen LogP contribution < -0.4 is 15.2 Å². The normalized spacial score (nSPS) is 14.8. The van der Waals surface area contributed by atoms with Crippen molar-refractivity contribution in [2.24, 2.45) is 5.73 Å². The summed E-state index contributed by atoms with van der Waals surface area (Å²) in [6.07, 6.45) is 0.736. The molecule has 2 N–H and O–H groups in total. The van der Waals surface area contributed by atoms with Crippen molar-refractivity contribution in [3.05, 3.63) is 58.1 Å². The Hall–Kier alpha value is -1.71. The van der Waals surface area contributed by atoms with Crippen LogP contribution in [0.25, 0.3) is 0 Å². The topological polar surface area (TPSA) is 44.5 Å². The molecular formula is C17H18ClNO2. The summed E-state index contributed by atoms with van der Waals surface area (Å²) in [4.78, 5) is 0. The van der Waals surface area contributed by atoms with E-state index in [0.717, 1.165) is 17.7 Å². The lowest BCUT2D eigenvalue weighted by Crippen LogP contribution is -2.18. The number of rotatable bonds is 3. The van der Waals surface area contributed by atoms with Crippen molar-refractivity contribution in [2.75, 3.05) is 13.2 Å². The van der Waals surface area contributed by atoms with Gasteiger partial charge in [-0.05, 0) is 30.5 Å². The van der Waals surface area contributed by atoms with Crippen molar-refractivity contribution < 1.29 is 9.47 Å². The fourth-order valence-electron chi connectivity index (χ4n) is 2.45. The van der Waals surface area contributed by atoms with E-state index < -0.39 is 0 Å². The zero-order chi connectivity index (χ0) is 14.8. The molecule has 1 aliphatic heterocycles. The van der Waals surface area contributed by atoms with Crippen molar-refractivity contribution in [2.45, 2.75) is 19.4 Å². The number of nitrogens with two attached hydrogens (primary N) is 1. The molecular weight excluding hydrogens is 286 g/mol. The van der Waals surface area contributed by atoms with E-state index in [1.165, 1.54) is 11.1 Å². The summed E-state index contributed by atoms with van der Waals surface area (Å²) >= 11 is 6.33. The number of hydrogen-bond donors (Lipinski definition) is 1. The van der Waals surface area contributed by atoms with Gasteiger partial charge in [0.25, 0.3) is 0 Å². The first-order chi connectivity index (χ1) is 10.1. The van der Waals surface area contributed by atoms with E-state index in [-0.39, 0.29) is 6.04 Å². The largest absolute Gasteiger partial charge is 0.486 e. The van der Waals surface area contributed by atoms with Crippen molar-refractivity contribution in [1.82, 2.24) is 0 Å². The summed E-state index contributed by atoms with van der Waals surface area (Å²) in [7, 11) is 0. The smallest absolute Gasteiger partial charge is 0.162 e. The molecule has 21 heavy (non-hydrogen) atoms. The van der Waals surface area contributed by atoms with Crippen LogP contribution in [0.15, 0.2) is 36.4 Å². The molecule has 0 spiro atoms. The van der Waals surface area contributed by atoms with Crippen LogP contribution in [0.3, 0.4) is 0 Å². The van der Waals surface area contributed by atoms with E-state index in [1.807, 2.05) is 6.07 Å². The summed E-state index contributed by atoms with van der Waals surface area (Å²) in [5.74, 6) is 1.41. The second-order valence-corrected chi connectivity index (χ2v) is 5.72. The van der Waals surface area contributed by atoms with Gasteiger partial charge < -0.3 is 15.2 Å². The Bertz CT molecular complexity index is 640. The van der Waals surface area contributed by atoms with Crippen LogP contribution in [0.1, 0.15) is 22.7 Å². The Kier molecular flexibility index (Phi) is 4.04. The van der Waals surface area contributed by atoms with Crippen molar-refractivity contribution in [3.8, 4) is 11.5 Å². The molecule has 2 aromatic carbocycles. The standard InChI is InChI=1S/C17H18ClNO2/c1-11-2-4-12(5-3-11)8-15(19)13-9-16-17(10-14(13)18)21-7-6-20-16/h2-5,9-10,15H,6-8,19H2,1H3. The van der Waals surface area contributed by atoms with Crippen LogP contribution >= 0.6 is 11.6 Å². The van der Waals surface area contributed by atoms with E-state index in [9.17, 15) is 0 Å². The predicted octanol–water partition coefficient (Wildman–Crippen LogP) is 3.66. The van der Waals surface area contributed by atoms with Gasteiger partial charge in [-0.2, -0.15) is 0 Å². The molecule has 1 aliphatic rings. The molecule has 0 aliphatic carbocycles. The Balaban J connectivity index is 1.83. The molecule has 0 bridgehead atoms. The minimum Gasteiger partial charge on any atom is -0.486 e. The van der Waals surface area contributed by atoms with E-state index in [1.54, 1.807) is 6.07 Å². The third-order valence-electron chi connectivity index (χ3n) is 3.64. The number of fused-ring (bicyclic) bond motifs is 1. The first kappa shape index (κ1) is 14.2. The highest BCUT2D eigenvalue weighted by molar-refractivity contribution is 6.31. The maximum absolute atomic E-state index is 6.33. The molecule has 3 rings (SSSR count). The third kappa shape index (κ3) is 3.14. The van der Waals surface area contributed by atoms with Gasteiger partial charge in [-0.3, -0.25) is 0 Å². The zero-order valence-electron chi connectivity index (χ0n) is 11.9. The molecule has 1 heterocycles. The molecule has 0 saturated carbocycles. The van der Waals surface area contributed by atoms with Gasteiger partial charge in [0.2, 0.25) is 0 Å². The first-order valence-corrected chi connectivity index (χ1v) is 7.41. The van der Waals surface area contributed by atoms with E-state index >= 15 is 0 Å². The zero-order valence-corrected chi connectivity index (χ0v) is 12.7. The Morgan fingerprint density at radius 1 is 1.10 bits per heavy atom. The molecule has 1 unspecified atom stereocenters. The average molecular weight is 304 g/mol. The molecule has 0 radical (unpaired) electrons. The van der Waals surface area contributed by atoms with Crippen molar-refractivity contribution >= 4 is 11.6 Å². The minimum atomic E-state index is -0.170. The maximum atomic E-state index is 6.33. The van der Waals surface area contributed by atoms with Crippen LogP contribution in [0.4, 0.5) is 0 Å². The predicted molar refractivity (Wildman–Crippen MR) is 84.3 cm³/mol. The van der Waals surface area contributed by atoms with Crippen LogP contribution in [-0.2, 0) is 6.42 Å². The first-order valence-electron chi connectivity index (χ1n) is 7.03. The van der Waals surface area contributed by atoms with Gasteiger partial charge in [-0.25, -0.2) is 0 Å². The molecule has 0 aromatic heterocycles. The molecule has 1 atom stereocenters. The second-order valence-electron chi connectivity index (χ2n) is 5.31. The number of hydrogen-bond acceptors (Lipinski definition) is 3. The molecule has 4 heteroatoms. The number of benzene rings is 2. The van der Waals surface area contributed by atoms with Gasteiger partial charge in [0.1, 0.15) is 13.2 Å². The van der Waals surface area contributed by atoms with Gasteiger partial charge >= 0.3 is 0 Å². The maximum Gasteiger partial charge on any atom is 0.162 e. The molecule has 0 saturated heterocycles. The summed E-state index contributed by atoms with van der Waals surface area (Å²) in [6.45, 7) is 3.18. The summed E-state index contributed by atoms with van der Waals surface area (Å²) < 4.78 is 11.1. The van der Waals surface area contributed by atoms with Gasteiger partial charge in [-0.1, -0.05) is 41.4 Å². The monoisotopic (exact) mass is 303 g/mol. The van der Waals surface area contributed by atoms with Crippen molar-refractivity contribution in [3.63, 3.8) is 0 Å². The highest BCUT2D eigenvalue weighted by Crippen LogP contribution is 2.37. The highest BCUT2D eigenvalue weighted by Gasteiger charge is 2.18. The Labute approximate surface area is 129 Å². The lowest BCUT2D eigenvalue weighted by Gasteiger charge is -2.22. The van der Waals surface area contributed by atoms with Crippen LogP contribution in [0.5, 0.6) is 11.5 Å². The van der Waals surface area contributed by atoms with Crippen LogP contribution in [0, 0.1) is 6.92 Å². The van der Waals surface area contributed by atoms with Gasteiger partial charge in [-0.15, -0.1) is 0 Å². The summed E-state index contributed by atoms with van der Waals surface area (Å²) in [5, 5.41) is 0.624. The fraction of sp³-hybridized carbons (Fsp3) is 0.294. The van der Waals surface area contributed by atoms with Crippen LogP contribution in [-0.4, -0.2) is 13.2 Å². The van der Waals surface area contributed by atoms with Crippen molar-refractivity contribution in [1.29, 1.82) is 0 Å². The average Bonchev–Trinajstić information content (AvgIpc) is 2.49. The lowest BCUT2D eigenvalue weighted by atomic mass is 9.98. The number of ether oxygens (including phenoxy) is 2. The Morgan fingerprint density at radius 3 is 2.38 bits per heavy atom. The summed E-state index contributed by atoms with van der Waals surface area (Å²) in [6, 6.07) is 11.9. The van der Waals surface area contributed by atoms with Gasteiger partial charge in [0.15, 0.2) is 11.5 Å². The Morgan fingerprint density at radius 2 is 1.71 bits per heavy atom. The van der Waals surface area contributed by atoms with Gasteiger partial charge in [0.05, 0.1) is 0 Å². The van der Waals surface area contributed by atoms with Crippen LogP contribution in [0.2, 0.25) is 5.02 Å². The molecule has 0 amide bonds. The van der Waals surface area contributed by atoms with Gasteiger partial charge in [0, 0.05) is 17.1 Å². The number of halogens is 1. The van der Waals surface area contributed by atoms with E-state index in [0.29, 0.717) is 24.0 Å². The molecule has 0 fully saturated rings. The highest BCUT2D eigenvalue weighted by atomic mass is 35.5. The quantitative estimate of drug-likeness (QED) is 0.941. The second kappa shape index (κ2) is 5.96.